The highest BCUT2D eigenvalue weighted by Gasteiger charge is 2.23. The van der Waals surface area contributed by atoms with Crippen LogP contribution >= 0.6 is 23.4 Å². The van der Waals surface area contributed by atoms with E-state index in [9.17, 15) is 4.21 Å². The van der Waals surface area contributed by atoms with Crippen molar-refractivity contribution in [2.45, 2.75) is 27.7 Å². The zero-order valence-electron chi connectivity index (χ0n) is 16.3. The first kappa shape index (κ1) is 21.2. The summed E-state index contributed by atoms with van der Waals surface area (Å²) >= 11 is 8.00. The molecule has 156 valence electrons. The zero-order valence-corrected chi connectivity index (χ0v) is 18.7. The average Bonchev–Trinajstić information content (AvgIpc) is 2.76. The van der Waals surface area contributed by atoms with Gasteiger partial charge in [-0.3, -0.25) is 0 Å². The largest absolute Gasteiger partial charge is 0.340 e. The van der Waals surface area contributed by atoms with Crippen LogP contribution in [0.4, 0.5) is 11.4 Å². The average molecular weight is 459 g/mol. The second kappa shape index (κ2) is 8.99. The van der Waals surface area contributed by atoms with Crippen LogP contribution in [0.1, 0.15) is 12.0 Å². The van der Waals surface area contributed by atoms with Crippen molar-refractivity contribution in [1.29, 1.82) is 4.78 Å². The molecular weight excluding hydrogens is 436 g/mol. The van der Waals surface area contributed by atoms with Crippen LogP contribution < -0.4 is 15.4 Å². The molecule has 1 aliphatic heterocycles. The molecule has 0 aliphatic carbocycles. The number of hydrogen-bond donors (Lipinski definition) is 3. The van der Waals surface area contributed by atoms with Crippen LogP contribution in [0.2, 0.25) is 5.02 Å². The molecule has 0 radical (unpaired) electrons. The predicted octanol–water partition coefficient (Wildman–Crippen LogP) is 5.40. The van der Waals surface area contributed by atoms with Crippen molar-refractivity contribution in [1.82, 2.24) is 4.72 Å². The molecule has 1 aliphatic rings. The number of para-hydroxylation sites is 1. The van der Waals surface area contributed by atoms with Gasteiger partial charge < -0.3 is 10.6 Å². The van der Waals surface area contributed by atoms with Gasteiger partial charge in [0, 0.05) is 34.4 Å². The molecule has 5 nitrogen and oxygen atoms in total. The third-order valence-electron chi connectivity index (χ3n) is 4.94. The summed E-state index contributed by atoms with van der Waals surface area (Å²) in [6.45, 7) is 1.61. The standard InChI is InChI=1S/C22H23ClN4OS2/c23-17-8-11-22-20(14-17)27(19-4-1-2-5-21(19)29-22)13-3-12-26-30(25,28)18-9-6-16(15-24)7-10-18/h1-2,4-11,14H,3,12-13,15,24H2,(H2,25,26,28). The van der Waals surface area contributed by atoms with Gasteiger partial charge in [0.15, 0.2) is 0 Å². The first-order valence-electron chi connectivity index (χ1n) is 9.64. The molecule has 30 heavy (non-hydrogen) atoms. The van der Waals surface area contributed by atoms with E-state index in [1.165, 1.54) is 4.90 Å². The molecule has 0 bridgehead atoms. The first-order valence-corrected chi connectivity index (χ1v) is 12.4. The van der Waals surface area contributed by atoms with Gasteiger partial charge in [-0.2, -0.15) is 0 Å². The maximum absolute atomic E-state index is 12.8. The number of nitrogens with one attached hydrogen (secondary N) is 2. The summed E-state index contributed by atoms with van der Waals surface area (Å²) < 4.78 is 23.9. The van der Waals surface area contributed by atoms with Crippen molar-refractivity contribution in [3.05, 3.63) is 77.3 Å². The lowest BCUT2D eigenvalue weighted by Gasteiger charge is -2.33. The summed E-state index contributed by atoms with van der Waals surface area (Å²) in [7, 11) is -3.05. The summed E-state index contributed by atoms with van der Waals surface area (Å²) in [6.07, 6.45) is 0.724. The van der Waals surface area contributed by atoms with E-state index in [2.05, 4.69) is 21.8 Å². The minimum absolute atomic E-state index is 0.425. The second-order valence-electron chi connectivity index (χ2n) is 6.99. The molecule has 1 atom stereocenters. The summed E-state index contributed by atoms with van der Waals surface area (Å²) in [5.74, 6) is 0. The topological polar surface area (TPSA) is 82.2 Å². The maximum Gasteiger partial charge on any atom is 0.134 e. The monoisotopic (exact) mass is 458 g/mol. The van der Waals surface area contributed by atoms with E-state index in [4.69, 9.17) is 22.1 Å². The lowest BCUT2D eigenvalue weighted by molar-refractivity contribution is 0.657. The van der Waals surface area contributed by atoms with E-state index < -0.39 is 9.92 Å². The van der Waals surface area contributed by atoms with E-state index in [1.807, 2.05) is 42.5 Å². The van der Waals surface area contributed by atoms with Gasteiger partial charge in [-0.25, -0.2) is 13.7 Å². The molecule has 0 amide bonds. The van der Waals surface area contributed by atoms with Crippen LogP contribution in [0.15, 0.2) is 81.4 Å². The van der Waals surface area contributed by atoms with Gasteiger partial charge in [0.2, 0.25) is 0 Å². The fourth-order valence-corrected chi connectivity index (χ4v) is 5.76. The van der Waals surface area contributed by atoms with E-state index in [0.29, 0.717) is 23.0 Å². The molecule has 3 aromatic rings. The molecule has 1 heterocycles. The van der Waals surface area contributed by atoms with Crippen molar-refractivity contribution in [2.75, 3.05) is 18.0 Å². The van der Waals surface area contributed by atoms with Crippen LogP contribution in [-0.4, -0.2) is 17.3 Å². The molecule has 3 aromatic carbocycles. The number of halogens is 1. The van der Waals surface area contributed by atoms with Crippen LogP contribution in [0, 0.1) is 4.78 Å². The highest BCUT2D eigenvalue weighted by Crippen LogP contribution is 2.48. The van der Waals surface area contributed by atoms with E-state index in [0.717, 1.165) is 34.8 Å². The Kier molecular flexibility index (Phi) is 6.36. The molecule has 8 heteroatoms. The predicted molar refractivity (Wildman–Crippen MR) is 125 cm³/mol. The maximum atomic E-state index is 12.8. The fraction of sp³-hybridized carbons (Fsp3) is 0.182. The Morgan fingerprint density at radius 2 is 1.77 bits per heavy atom. The number of hydrogen-bond acceptors (Lipinski definition) is 5. The van der Waals surface area contributed by atoms with Crippen LogP contribution in [0.25, 0.3) is 0 Å². The second-order valence-corrected chi connectivity index (χ2v) is 10.4. The minimum Gasteiger partial charge on any atom is -0.340 e. The van der Waals surface area contributed by atoms with Gasteiger partial charge in [-0.1, -0.05) is 47.6 Å². The molecule has 0 saturated heterocycles. The zero-order chi connectivity index (χ0) is 21.1. The summed E-state index contributed by atoms with van der Waals surface area (Å²) in [5.41, 5.74) is 8.78. The lowest BCUT2D eigenvalue weighted by atomic mass is 10.2. The van der Waals surface area contributed by atoms with E-state index >= 15 is 0 Å². The number of anilines is 2. The van der Waals surface area contributed by atoms with Crippen molar-refractivity contribution in [3.8, 4) is 0 Å². The van der Waals surface area contributed by atoms with Crippen molar-refractivity contribution in [3.63, 3.8) is 0 Å². The fourth-order valence-electron chi connectivity index (χ4n) is 3.40. The van der Waals surface area contributed by atoms with Crippen molar-refractivity contribution < 1.29 is 4.21 Å². The first-order chi connectivity index (χ1) is 14.5. The molecule has 0 spiro atoms. The summed E-state index contributed by atoms with van der Waals surface area (Å²) in [6, 6.07) is 21.3. The Balaban J connectivity index is 1.46. The SMILES string of the molecule is N=S(=O)(NCCCN1c2ccccc2Sc2ccc(Cl)cc21)c1ccc(CN)cc1. The molecular formula is C22H23ClN4OS2. The number of benzene rings is 3. The Bertz CT molecular complexity index is 1150. The van der Waals surface area contributed by atoms with Gasteiger partial charge in [0.25, 0.3) is 0 Å². The van der Waals surface area contributed by atoms with Crippen molar-refractivity contribution >= 4 is 44.7 Å². The molecule has 0 aromatic heterocycles. The Morgan fingerprint density at radius 3 is 2.53 bits per heavy atom. The van der Waals surface area contributed by atoms with Gasteiger partial charge in [0.1, 0.15) is 9.92 Å². The molecule has 4 rings (SSSR count). The number of nitrogens with two attached hydrogens (primary N) is 1. The Labute approximate surface area is 186 Å². The Hall–Kier alpha value is -2.03. The van der Waals surface area contributed by atoms with E-state index in [1.54, 1.807) is 23.9 Å². The highest BCUT2D eigenvalue weighted by atomic mass is 35.5. The molecule has 0 fully saturated rings. The minimum atomic E-state index is -3.05. The molecule has 0 saturated carbocycles. The van der Waals surface area contributed by atoms with Gasteiger partial charge in [-0.05, 0) is 54.4 Å². The van der Waals surface area contributed by atoms with Crippen LogP contribution in [0.5, 0.6) is 0 Å². The number of nitrogens with zero attached hydrogens (tertiary/aromatic N) is 1. The van der Waals surface area contributed by atoms with E-state index in [-0.39, 0.29) is 0 Å². The Morgan fingerprint density at radius 1 is 1.03 bits per heavy atom. The van der Waals surface area contributed by atoms with Gasteiger partial charge in [0.05, 0.1) is 16.3 Å². The quantitative estimate of drug-likeness (QED) is 0.414. The van der Waals surface area contributed by atoms with Gasteiger partial charge >= 0.3 is 0 Å². The third kappa shape index (κ3) is 4.50. The number of rotatable bonds is 7. The normalized spacial score (nSPS) is 14.7. The lowest BCUT2D eigenvalue weighted by Crippen LogP contribution is -2.28. The molecule has 1 unspecified atom stereocenters. The van der Waals surface area contributed by atoms with Gasteiger partial charge in [-0.15, -0.1) is 0 Å². The summed E-state index contributed by atoms with van der Waals surface area (Å²) in [4.78, 5) is 5.08. The van der Waals surface area contributed by atoms with Crippen LogP contribution in [0.3, 0.4) is 0 Å². The third-order valence-corrected chi connectivity index (χ3v) is 7.85. The number of fused-ring (bicyclic) bond motifs is 2. The van der Waals surface area contributed by atoms with Crippen LogP contribution in [-0.2, 0) is 16.5 Å². The summed E-state index contributed by atoms with van der Waals surface area (Å²) in [5, 5.41) is 0.701. The highest BCUT2D eigenvalue weighted by molar-refractivity contribution is 7.99. The smallest absolute Gasteiger partial charge is 0.134 e. The molecule has 4 N–H and O–H groups in total. The van der Waals surface area contributed by atoms with Crippen molar-refractivity contribution in [2.24, 2.45) is 5.73 Å².